The number of hydrogen-bond donors (Lipinski definition) is 1. The predicted octanol–water partition coefficient (Wildman–Crippen LogP) is 2.30. The number of hydrogen-bond acceptors (Lipinski definition) is 4. The third-order valence-electron chi connectivity index (χ3n) is 3.08. The van der Waals surface area contributed by atoms with Gasteiger partial charge < -0.3 is 5.73 Å². The summed E-state index contributed by atoms with van der Waals surface area (Å²) in [6.45, 7) is 0. The normalized spacial score (nSPS) is 11.4. The summed E-state index contributed by atoms with van der Waals surface area (Å²) in [6, 6.07) is 9.21. The van der Waals surface area contributed by atoms with E-state index in [1.54, 1.807) is 6.07 Å². The van der Waals surface area contributed by atoms with Crippen LogP contribution in [-0.4, -0.2) is 24.1 Å². The highest BCUT2D eigenvalue weighted by Crippen LogP contribution is 2.23. The topological polar surface area (TPSA) is 74.0 Å². The SMILES string of the molecule is Nc1nc2ccc(Cl)cc2c2nc(-n3cccc3)nn12. The Morgan fingerprint density at radius 2 is 1.90 bits per heavy atom. The highest BCUT2D eigenvalue weighted by atomic mass is 35.5. The van der Waals surface area contributed by atoms with E-state index in [2.05, 4.69) is 15.1 Å². The summed E-state index contributed by atoms with van der Waals surface area (Å²) in [4.78, 5) is 8.83. The average molecular weight is 285 g/mol. The van der Waals surface area contributed by atoms with Crippen LogP contribution in [0.1, 0.15) is 0 Å². The number of halogens is 1. The van der Waals surface area contributed by atoms with E-state index in [-0.39, 0.29) is 0 Å². The van der Waals surface area contributed by atoms with E-state index in [1.165, 1.54) is 4.52 Å². The van der Waals surface area contributed by atoms with E-state index in [1.807, 2.05) is 41.2 Å². The van der Waals surface area contributed by atoms with Gasteiger partial charge in [0.15, 0.2) is 5.65 Å². The zero-order valence-electron chi connectivity index (χ0n) is 10.2. The predicted molar refractivity (Wildman–Crippen MR) is 77.0 cm³/mol. The number of aromatic nitrogens is 5. The lowest BCUT2D eigenvalue weighted by Crippen LogP contribution is -2.03. The maximum absolute atomic E-state index is 6.04. The Balaban J connectivity index is 2.12. The first-order valence-corrected chi connectivity index (χ1v) is 6.35. The van der Waals surface area contributed by atoms with Crippen molar-refractivity contribution < 1.29 is 0 Å². The van der Waals surface area contributed by atoms with Crippen LogP contribution in [0, 0.1) is 0 Å². The van der Waals surface area contributed by atoms with Gasteiger partial charge in [-0.3, -0.25) is 4.57 Å². The Morgan fingerprint density at radius 3 is 2.70 bits per heavy atom. The van der Waals surface area contributed by atoms with Gasteiger partial charge in [0, 0.05) is 22.8 Å². The molecule has 6 nitrogen and oxygen atoms in total. The second kappa shape index (κ2) is 3.94. The van der Waals surface area contributed by atoms with Crippen LogP contribution in [0.25, 0.3) is 22.5 Å². The van der Waals surface area contributed by atoms with Gasteiger partial charge in [-0.05, 0) is 30.3 Å². The van der Waals surface area contributed by atoms with Gasteiger partial charge in [-0.1, -0.05) is 11.6 Å². The van der Waals surface area contributed by atoms with Crippen LogP contribution in [0.15, 0.2) is 42.7 Å². The zero-order chi connectivity index (χ0) is 13.7. The van der Waals surface area contributed by atoms with Gasteiger partial charge >= 0.3 is 0 Å². The Morgan fingerprint density at radius 1 is 1.10 bits per heavy atom. The van der Waals surface area contributed by atoms with Gasteiger partial charge in [-0.2, -0.15) is 9.50 Å². The lowest BCUT2D eigenvalue weighted by atomic mass is 10.2. The van der Waals surface area contributed by atoms with Crippen molar-refractivity contribution in [2.75, 3.05) is 5.73 Å². The molecule has 0 aliphatic rings. The van der Waals surface area contributed by atoms with Crippen LogP contribution in [0.5, 0.6) is 0 Å². The largest absolute Gasteiger partial charge is 0.368 e. The van der Waals surface area contributed by atoms with Gasteiger partial charge in [0.2, 0.25) is 5.95 Å². The van der Waals surface area contributed by atoms with Crippen molar-refractivity contribution in [1.29, 1.82) is 0 Å². The van der Waals surface area contributed by atoms with Gasteiger partial charge in [0.05, 0.1) is 5.52 Å². The lowest BCUT2D eigenvalue weighted by Gasteiger charge is -2.01. The van der Waals surface area contributed by atoms with Crippen LogP contribution in [0.2, 0.25) is 5.02 Å². The van der Waals surface area contributed by atoms with Crippen molar-refractivity contribution >= 4 is 34.1 Å². The summed E-state index contributed by atoms with van der Waals surface area (Å²) in [7, 11) is 0. The number of anilines is 1. The van der Waals surface area contributed by atoms with Crippen molar-refractivity contribution in [3.05, 3.63) is 47.7 Å². The van der Waals surface area contributed by atoms with Crippen molar-refractivity contribution in [3.63, 3.8) is 0 Å². The summed E-state index contributed by atoms with van der Waals surface area (Å²) in [5.74, 6) is 0.830. The minimum absolute atomic E-state index is 0.292. The number of fused-ring (bicyclic) bond motifs is 3. The molecule has 2 N–H and O–H groups in total. The molecule has 0 aliphatic carbocycles. The molecule has 0 radical (unpaired) electrons. The molecular formula is C13H9ClN6. The Kier molecular flexibility index (Phi) is 2.22. The van der Waals surface area contributed by atoms with Crippen molar-refractivity contribution in [2.24, 2.45) is 0 Å². The molecule has 3 heterocycles. The third-order valence-corrected chi connectivity index (χ3v) is 3.32. The second-order valence-electron chi connectivity index (χ2n) is 4.37. The Labute approximate surface area is 118 Å². The molecule has 98 valence electrons. The van der Waals surface area contributed by atoms with Crippen LogP contribution in [0.4, 0.5) is 5.95 Å². The molecule has 0 fully saturated rings. The average Bonchev–Trinajstić information content (AvgIpc) is 3.08. The molecule has 0 amide bonds. The van der Waals surface area contributed by atoms with Crippen LogP contribution >= 0.6 is 11.6 Å². The molecular weight excluding hydrogens is 276 g/mol. The van der Waals surface area contributed by atoms with E-state index in [4.69, 9.17) is 17.3 Å². The number of nitrogens with zero attached hydrogens (tertiary/aromatic N) is 5. The molecule has 3 aromatic heterocycles. The van der Waals surface area contributed by atoms with E-state index in [9.17, 15) is 0 Å². The maximum Gasteiger partial charge on any atom is 0.253 e. The molecule has 1 aromatic carbocycles. The second-order valence-corrected chi connectivity index (χ2v) is 4.81. The quantitative estimate of drug-likeness (QED) is 0.582. The molecule has 0 saturated heterocycles. The first kappa shape index (κ1) is 11.2. The molecule has 4 rings (SSSR count). The Bertz CT molecular complexity index is 925. The number of nitrogens with two attached hydrogens (primary N) is 1. The molecule has 0 aliphatic heterocycles. The smallest absolute Gasteiger partial charge is 0.253 e. The van der Waals surface area contributed by atoms with Crippen molar-refractivity contribution in [3.8, 4) is 5.95 Å². The van der Waals surface area contributed by atoms with Gasteiger partial charge in [0.1, 0.15) is 0 Å². The summed E-state index contributed by atoms with van der Waals surface area (Å²) in [5.41, 5.74) is 7.31. The van der Waals surface area contributed by atoms with Crippen molar-refractivity contribution in [1.82, 2.24) is 24.1 Å². The summed E-state index contributed by atoms with van der Waals surface area (Å²) < 4.78 is 3.33. The first-order valence-electron chi connectivity index (χ1n) is 5.97. The van der Waals surface area contributed by atoms with Gasteiger partial charge in [0.25, 0.3) is 5.95 Å². The first-order chi connectivity index (χ1) is 9.72. The molecule has 0 unspecified atom stereocenters. The summed E-state index contributed by atoms with van der Waals surface area (Å²) in [6.07, 6.45) is 3.74. The molecule has 7 heteroatoms. The van der Waals surface area contributed by atoms with Crippen LogP contribution in [0.3, 0.4) is 0 Å². The van der Waals surface area contributed by atoms with Crippen LogP contribution in [-0.2, 0) is 0 Å². The lowest BCUT2D eigenvalue weighted by molar-refractivity contribution is 0.886. The monoisotopic (exact) mass is 284 g/mol. The zero-order valence-corrected chi connectivity index (χ0v) is 11.0. The minimum atomic E-state index is 0.292. The number of benzene rings is 1. The van der Waals surface area contributed by atoms with Gasteiger partial charge in [-0.25, -0.2) is 4.98 Å². The molecule has 0 bridgehead atoms. The molecule has 20 heavy (non-hydrogen) atoms. The fourth-order valence-electron chi connectivity index (χ4n) is 2.17. The number of nitrogen functional groups attached to an aromatic ring is 1. The molecule has 0 saturated carbocycles. The summed E-state index contributed by atoms with van der Waals surface area (Å²) in [5, 5.41) is 5.81. The molecule has 0 spiro atoms. The highest BCUT2D eigenvalue weighted by molar-refractivity contribution is 6.31. The highest BCUT2D eigenvalue weighted by Gasteiger charge is 2.12. The van der Waals surface area contributed by atoms with E-state index >= 15 is 0 Å². The minimum Gasteiger partial charge on any atom is -0.368 e. The van der Waals surface area contributed by atoms with Crippen LogP contribution < -0.4 is 5.73 Å². The fraction of sp³-hybridized carbons (Fsp3) is 0. The third kappa shape index (κ3) is 1.55. The van der Waals surface area contributed by atoms with Crippen molar-refractivity contribution in [2.45, 2.75) is 0 Å². The Hall–Kier alpha value is -2.60. The van der Waals surface area contributed by atoms with E-state index in [0.717, 1.165) is 10.9 Å². The summed E-state index contributed by atoms with van der Waals surface area (Å²) >= 11 is 6.04. The maximum atomic E-state index is 6.04. The number of rotatable bonds is 1. The fourth-order valence-corrected chi connectivity index (χ4v) is 2.34. The molecule has 0 atom stereocenters. The molecule has 4 aromatic rings. The van der Waals surface area contributed by atoms with Gasteiger partial charge in [-0.15, -0.1) is 5.10 Å². The van der Waals surface area contributed by atoms with E-state index < -0.39 is 0 Å². The standard InChI is InChI=1S/C13H9ClN6/c14-8-3-4-10-9(7-8)11-17-13(19-5-1-2-6-19)18-20(11)12(15)16-10/h1-7H,(H2,15,16). The van der Waals surface area contributed by atoms with E-state index in [0.29, 0.717) is 22.6 Å².